The molecule has 0 fully saturated rings. The molecule has 1 aromatic carbocycles. The predicted molar refractivity (Wildman–Crippen MR) is 71.9 cm³/mol. The van der Waals surface area contributed by atoms with E-state index >= 15 is 0 Å². The lowest BCUT2D eigenvalue weighted by Crippen LogP contribution is -2.25. The van der Waals surface area contributed by atoms with Gasteiger partial charge in [0.05, 0.1) is 6.61 Å². The summed E-state index contributed by atoms with van der Waals surface area (Å²) in [6.45, 7) is 4.24. The van der Waals surface area contributed by atoms with Crippen molar-refractivity contribution in [3.63, 3.8) is 0 Å². The van der Waals surface area contributed by atoms with Gasteiger partial charge in [0, 0.05) is 23.4 Å². The van der Waals surface area contributed by atoms with E-state index in [1.807, 2.05) is 38.1 Å². The fourth-order valence-electron chi connectivity index (χ4n) is 2.06. The summed E-state index contributed by atoms with van der Waals surface area (Å²) in [6.07, 6.45) is 1.01. The molecule has 1 aromatic rings. The van der Waals surface area contributed by atoms with Crippen LogP contribution in [0.25, 0.3) is 0 Å². The minimum absolute atomic E-state index is 0.0377. The molecule has 1 unspecified atom stereocenters. The maximum atomic E-state index is 11.3. The highest BCUT2D eigenvalue weighted by Crippen LogP contribution is 2.23. The second-order valence-electron chi connectivity index (χ2n) is 4.26. The number of esters is 1. The second kappa shape index (κ2) is 5.67. The minimum atomic E-state index is -0.161. The Balaban J connectivity index is 1.98. The summed E-state index contributed by atoms with van der Waals surface area (Å²) in [7, 11) is 0. The van der Waals surface area contributed by atoms with E-state index in [1.54, 1.807) is 0 Å². The smallest absolute Gasteiger partial charge is 0.305 e. The zero-order valence-electron chi connectivity index (χ0n) is 10.8. The Kier molecular flexibility index (Phi) is 3.97. The van der Waals surface area contributed by atoms with Crippen LogP contribution < -0.4 is 5.32 Å². The third kappa shape index (κ3) is 2.88. The maximum Gasteiger partial charge on any atom is 0.305 e. The molecule has 0 saturated carbocycles. The van der Waals surface area contributed by atoms with Gasteiger partial charge in [-0.15, -0.1) is 0 Å². The van der Waals surface area contributed by atoms with Gasteiger partial charge in [-0.25, -0.2) is 0 Å². The van der Waals surface area contributed by atoms with E-state index in [2.05, 4.69) is 10.3 Å². The number of nitrogens with zero attached hydrogens (tertiary/aromatic N) is 1. The molecule has 96 valence electrons. The topological polar surface area (TPSA) is 50.7 Å². The first-order chi connectivity index (χ1) is 8.70. The summed E-state index contributed by atoms with van der Waals surface area (Å²) < 4.78 is 4.91. The third-order valence-electron chi connectivity index (χ3n) is 2.92. The monoisotopic (exact) mass is 246 g/mol. The van der Waals surface area contributed by atoms with Gasteiger partial charge in [-0.1, -0.05) is 18.2 Å². The van der Waals surface area contributed by atoms with Crippen molar-refractivity contribution in [2.24, 2.45) is 4.99 Å². The molecule has 1 atom stereocenters. The first-order valence-electron chi connectivity index (χ1n) is 6.26. The number of carbonyl (C=O) groups excluding carboxylic acids is 1. The summed E-state index contributed by atoms with van der Waals surface area (Å²) in [5.41, 5.74) is 3.22. The molecule has 1 N–H and O–H groups in total. The zero-order chi connectivity index (χ0) is 13.0. The van der Waals surface area contributed by atoms with Gasteiger partial charge in [-0.3, -0.25) is 9.79 Å². The Bertz CT molecular complexity index is 469. The Hall–Kier alpha value is -1.84. The highest BCUT2D eigenvalue weighted by atomic mass is 16.5. The van der Waals surface area contributed by atoms with Crippen molar-refractivity contribution in [1.29, 1.82) is 0 Å². The van der Waals surface area contributed by atoms with Crippen LogP contribution in [-0.2, 0) is 9.53 Å². The SMILES string of the molecule is CCOC(=O)CCC1N=C(C)c2ccccc2N1. The van der Waals surface area contributed by atoms with Crippen molar-refractivity contribution >= 4 is 17.4 Å². The summed E-state index contributed by atoms with van der Waals surface area (Å²) >= 11 is 0. The van der Waals surface area contributed by atoms with Crippen molar-refractivity contribution in [2.45, 2.75) is 32.9 Å². The molecule has 0 spiro atoms. The van der Waals surface area contributed by atoms with Gasteiger partial charge in [0.1, 0.15) is 6.17 Å². The van der Waals surface area contributed by atoms with Crippen LogP contribution in [0.1, 0.15) is 32.3 Å². The minimum Gasteiger partial charge on any atom is -0.466 e. The van der Waals surface area contributed by atoms with E-state index in [-0.39, 0.29) is 12.1 Å². The number of fused-ring (bicyclic) bond motifs is 1. The average Bonchev–Trinajstić information content (AvgIpc) is 2.37. The van der Waals surface area contributed by atoms with Gasteiger partial charge in [0.15, 0.2) is 0 Å². The molecular formula is C14H18N2O2. The van der Waals surface area contributed by atoms with Crippen molar-refractivity contribution in [1.82, 2.24) is 0 Å². The van der Waals surface area contributed by atoms with E-state index in [1.165, 1.54) is 0 Å². The Morgan fingerprint density at radius 3 is 3.00 bits per heavy atom. The number of ether oxygens (including phenoxy) is 1. The first kappa shape index (κ1) is 12.6. The summed E-state index contributed by atoms with van der Waals surface area (Å²) in [6, 6.07) is 8.07. The Morgan fingerprint density at radius 2 is 2.22 bits per heavy atom. The second-order valence-corrected chi connectivity index (χ2v) is 4.26. The average molecular weight is 246 g/mol. The molecule has 4 heteroatoms. The fourth-order valence-corrected chi connectivity index (χ4v) is 2.06. The molecule has 0 amide bonds. The lowest BCUT2D eigenvalue weighted by Gasteiger charge is -2.24. The number of para-hydroxylation sites is 1. The molecule has 0 aromatic heterocycles. The van der Waals surface area contributed by atoms with Crippen LogP contribution in [0.4, 0.5) is 5.69 Å². The standard InChI is InChI=1S/C14H18N2O2/c1-3-18-14(17)9-8-13-15-10(2)11-6-4-5-7-12(11)16-13/h4-7,13,16H,3,8-9H2,1-2H3. The zero-order valence-corrected chi connectivity index (χ0v) is 10.8. The van der Waals surface area contributed by atoms with Crippen molar-refractivity contribution in [2.75, 3.05) is 11.9 Å². The Morgan fingerprint density at radius 1 is 1.44 bits per heavy atom. The van der Waals surface area contributed by atoms with Crippen molar-refractivity contribution < 1.29 is 9.53 Å². The van der Waals surface area contributed by atoms with Gasteiger partial charge in [0.25, 0.3) is 0 Å². The quantitative estimate of drug-likeness (QED) is 0.831. The number of hydrogen-bond acceptors (Lipinski definition) is 4. The van der Waals surface area contributed by atoms with Gasteiger partial charge in [0.2, 0.25) is 0 Å². The molecule has 1 aliphatic rings. The van der Waals surface area contributed by atoms with Crippen LogP contribution in [0, 0.1) is 0 Å². The van der Waals surface area contributed by atoms with Crippen molar-refractivity contribution in [3.8, 4) is 0 Å². The highest BCUT2D eigenvalue weighted by molar-refractivity contribution is 6.04. The molecular weight excluding hydrogens is 228 g/mol. The molecule has 18 heavy (non-hydrogen) atoms. The molecule has 0 radical (unpaired) electrons. The largest absolute Gasteiger partial charge is 0.466 e. The van der Waals surface area contributed by atoms with E-state index in [0.717, 1.165) is 17.0 Å². The van der Waals surface area contributed by atoms with E-state index in [9.17, 15) is 4.79 Å². The maximum absolute atomic E-state index is 11.3. The predicted octanol–water partition coefficient (Wildman–Crippen LogP) is 2.59. The van der Waals surface area contributed by atoms with E-state index in [4.69, 9.17) is 4.74 Å². The van der Waals surface area contributed by atoms with E-state index in [0.29, 0.717) is 19.4 Å². The number of aliphatic imine (C=N–C) groups is 1. The lowest BCUT2D eigenvalue weighted by molar-refractivity contribution is -0.143. The van der Waals surface area contributed by atoms with Crippen LogP contribution in [0.2, 0.25) is 0 Å². The third-order valence-corrected chi connectivity index (χ3v) is 2.92. The molecule has 0 aliphatic carbocycles. The number of rotatable bonds is 4. The highest BCUT2D eigenvalue weighted by Gasteiger charge is 2.18. The van der Waals surface area contributed by atoms with Crippen LogP contribution in [0.5, 0.6) is 0 Å². The van der Waals surface area contributed by atoms with Gasteiger partial charge < -0.3 is 10.1 Å². The number of anilines is 1. The van der Waals surface area contributed by atoms with Crippen LogP contribution in [0.3, 0.4) is 0 Å². The van der Waals surface area contributed by atoms with E-state index < -0.39 is 0 Å². The van der Waals surface area contributed by atoms with Gasteiger partial charge in [-0.05, 0) is 26.3 Å². The molecule has 1 heterocycles. The summed E-state index contributed by atoms with van der Waals surface area (Å²) in [4.78, 5) is 15.9. The molecule has 0 saturated heterocycles. The summed E-state index contributed by atoms with van der Waals surface area (Å²) in [5, 5.41) is 3.33. The number of carbonyl (C=O) groups is 1. The first-order valence-corrected chi connectivity index (χ1v) is 6.26. The normalized spacial score (nSPS) is 17.4. The molecule has 2 rings (SSSR count). The van der Waals surface area contributed by atoms with Gasteiger partial charge >= 0.3 is 5.97 Å². The summed E-state index contributed by atoms with van der Waals surface area (Å²) in [5.74, 6) is -0.161. The van der Waals surface area contributed by atoms with Gasteiger partial charge in [-0.2, -0.15) is 0 Å². The van der Waals surface area contributed by atoms with Crippen molar-refractivity contribution in [3.05, 3.63) is 29.8 Å². The molecule has 4 nitrogen and oxygen atoms in total. The lowest BCUT2D eigenvalue weighted by atomic mass is 10.1. The fraction of sp³-hybridized carbons (Fsp3) is 0.429. The van der Waals surface area contributed by atoms with Crippen LogP contribution in [0.15, 0.2) is 29.3 Å². The molecule has 1 aliphatic heterocycles. The molecule has 0 bridgehead atoms. The Labute approximate surface area is 107 Å². The van der Waals surface area contributed by atoms with Crippen LogP contribution in [-0.4, -0.2) is 24.5 Å². The number of nitrogens with one attached hydrogen (secondary N) is 1. The number of benzene rings is 1. The number of hydrogen-bond donors (Lipinski definition) is 1. The van der Waals surface area contributed by atoms with Crippen LogP contribution >= 0.6 is 0 Å².